The summed E-state index contributed by atoms with van der Waals surface area (Å²) in [7, 11) is 0. The van der Waals surface area contributed by atoms with E-state index in [1.165, 1.54) is 6.08 Å². The van der Waals surface area contributed by atoms with Gasteiger partial charge in [-0.2, -0.15) is 0 Å². The zero-order chi connectivity index (χ0) is 7.61. The molecule has 0 radical (unpaired) electrons. The van der Waals surface area contributed by atoms with Gasteiger partial charge in [-0.05, 0) is 12.8 Å². The van der Waals surface area contributed by atoms with Crippen LogP contribution in [0.15, 0.2) is 11.5 Å². The molecule has 0 heterocycles. The summed E-state index contributed by atoms with van der Waals surface area (Å²) in [5, 5.41) is 0. The highest BCUT2D eigenvalue weighted by molar-refractivity contribution is 6.66. The predicted molar refractivity (Wildman–Crippen MR) is 35.6 cm³/mol. The summed E-state index contributed by atoms with van der Waals surface area (Å²) < 4.78 is 35.8. The van der Waals surface area contributed by atoms with E-state index in [2.05, 4.69) is 0 Å². The Balaban J connectivity index is 2.62. The van der Waals surface area contributed by atoms with Gasteiger partial charge in [0.1, 0.15) is 0 Å². The maximum atomic E-state index is 11.9. The van der Waals surface area contributed by atoms with Gasteiger partial charge in [-0.1, -0.05) is 12.8 Å². The lowest BCUT2D eigenvalue weighted by Crippen LogP contribution is -2.20. The van der Waals surface area contributed by atoms with Crippen LogP contribution >= 0.6 is 0 Å². The van der Waals surface area contributed by atoms with Crippen LogP contribution in [0.3, 0.4) is 0 Å². The zero-order valence-electron chi connectivity index (χ0n) is 5.62. The van der Waals surface area contributed by atoms with Crippen molar-refractivity contribution < 1.29 is 12.9 Å². The Morgan fingerprint density at radius 2 is 1.90 bits per heavy atom. The molecule has 0 bridgehead atoms. The standard InChI is InChI=1S/C6H9BF3/c8-7(9,10)6-4-2-1-3-5-6/h4H,1-3,5H2/q-1. The molecule has 0 saturated carbocycles. The van der Waals surface area contributed by atoms with Crippen molar-refractivity contribution in [3.63, 3.8) is 0 Å². The molecule has 0 aromatic heterocycles. The molecule has 0 fully saturated rings. The van der Waals surface area contributed by atoms with Gasteiger partial charge in [-0.3, -0.25) is 0 Å². The molecule has 0 aromatic rings. The van der Waals surface area contributed by atoms with E-state index in [9.17, 15) is 12.9 Å². The highest BCUT2D eigenvalue weighted by atomic mass is 19.4. The summed E-state index contributed by atoms with van der Waals surface area (Å²) in [6, 6.07) is 0. The predicted octanol–water partition coefficient (Wildman–Crippen LogP) is 2.87. The lowest BCUT2D eigenvalue weighted by molar-refractivity contribution is 0.479. The monoisotopic (exact) mass is 149 g/mol. The number of halogens is 3. The molecule has 0 spiro atoms. The molecule has 1 rings (SSSR count). The van der Waals surface area contributed by atoms with E-state index >= 15 is 0 Å². The molecule has 0 aliphatic heterocycles. The lowest BCUT2D eigenvalue weighted by atomic mass is 9.73. The van der Waals surface area contributed by atoms with Crippen LogP contribution in [0.5, 0.6) is 0 Å². The third kappa shape index (κ3) is 1.79. The van der Waals surface area contributed by atoms with Crippen LogP contribution in [-0.2, 0) is 0 Å². The summed E-state index contributed by atoms with van der Waals surface area (Å²) in [6.07, 6.45) is 3.80. The smallest absolute Gasteiger partial charge is 0.445 e. The van der Waals surface area contributed by atoms with Crippen LogP contribution in [0.1, 0.15) is 25.7 Å². The minimum atomic E-state index is -4.67. The molecule has 1 aliphatic rings. The Hall–Kier alpha value is -0.405. The van der Waals surface area contributed by atoms with Crippen molar-refractivity contribution in [1.29, 1.82) is 0 Å². The summed E-state index contributed by atoms with van der Waals surface area (Å²) in [4.78, 5) is 0. The van der Waals surface area contributed by atoms with E-state index in [0.29, 0.717) is 12.8 Å². The van der Waals surface area contributed by atoms with Gasteiger partial charge in [0.05, 0.1) is 0 Å². The van der Waals surface area contributed by atoms with Gasteiger partial charge in [0.15, 0.2) is 0 Å². The number of hydrogen-bond acceptors (Lipinski definition) is 0. The van der Waals surface area contributed by atoms with Crippen molar-refractivity contribution in [1.82, 2.24) is 0 Å². The van der Waals surface area contributed by atoms with E-state index in [1.54, 1.807) is 0 Å². The second kappa shape index (κ2) is 2.68. The van der Waals surface area contributed by atoms with Crippen molar-refractivity contribution in [2.45, 2.75) is 25.7 Å². The molecule has 4 heteroatoms. The molecule has 0 atom stereocenters. The number of hydrogen-bond donors (Lipinski definition) is 0. The van der Waals surface area contributed by atoms with Crippen LogP contribution < -0.4 is 0 Å². The van der Waals surface area contributed by atoms with E-state index in [4.69, 9.17) is 0 Å². The normalized spacial score (nSPS) is 20.5. The first-order chi connectivity index (χ1) is 4.61. The third-order valence-corrected chi connectivity index (χ3v) is 1.75. The summed E-state index contributed by atoms with van der Waals surface area (Å²) in [6.45, 7) is -4.67. The second-order valence-corrected chi connectivity index (χ2v) is 2.60. The largest absolute Gasteiger partial charge is 0.505 e. The highest BCUT2D eigenvalue weighted by Crippen LogP contribution is 2.28. The van der Waals surface area contributed by atoms with Gasteiger partial charge in [-0.15, -0.1) is 11.5 Å². The summed E-state index contributed by atoms with van der Waals surface area (Å²) in [5.41, 5.74) is -0.272. The SMILES string of the molecule is F[B-](F)(F)C1=CCCCC1. The molecule has 0 aromatic carbocycles. The minimum Gasteiger partial charge on any atom is -0.445 e. The summed E-state index contributed by atoms with van der Waals surface area (Å²) in [5.74, 6) is 0. The average Bonchev–Trinajstić information content (AvgIpc) is 1.88. The van der Waals surface area contributed by atoms with E-state index < -0.39 is 6.98 Å². The van der Waals surface area contributed by atoms with Crippen molar-refractivity contribution >= 4 is 6.98 Å². The Morgan fingerprint density at radius 1 is 1.20 bits per heavy atom. The van der Waals surface area contributed by atoms with Crippen molar-refractivity contribution in [2.24, 2.45) is 0 Å². The van der Waals surface area contributed by atoms with Gasteiger partial charge in [0.25, 0.3) is 0 Å². The van der Waals surface area contributed by atoms with Crippen molar-refractivity contribution in [2.75, 3.05) is 0 Å². The van der Waals surface area contributed by atoms with Gasteiger partial charge >= 0.3 is 6.98 Å². The summed E-state index contributed by atoms with van der Waals surface area (Å²) >= 11 is 0. The van der Waals surface area contributed by atoms with Crippen LogP contribution in [0.4, 0.5) is 12.9 Å². The Bertz CT molecular complexity index is 148. The lowest BCUT2D eigenvalue weighted by Gasteiger charge is -2.22. The molecule has 0 N–H and O–H groups in total. The maximum Gasteiger partial charge on any atom is 0.505 e. The molecule has 0 unspecified atom stereocenters. The second-order valence-electron chi connectivity index (χ2n) is 2.60. The van der Waals surface area contributed by atoms with Crippen LogP contribution in [0, 0.1) is 0 Å². The Labute approximate surface area is 58.2 Å². The van der Waals surface area contributed by atoms with E-state index in [0.717, 1.165) is 6.42 Å². The Morgan fingerprint density at radius 3 is 2.20 bits per heavy atom. The van der Waals surface area contributed by atoms with Crippen molar-refractivity contribution in [3.05, 3.63) is 11.5 Å². The first-order valence-electron chi connectivity index (χ1n) is 3.49. The molecule has 0 amide bonds. The average molecular weight is 149 g/mol. The maximum absolute atomic E-state index is 11.9. The molecule has 58 valence electrons. The minimum absolute atomic E-state index is 0.240. The topological polar surface area (TPSA) is 0 Å². The fourth-order valence-corrected chi connectivity index (χ4v) is 1.16. The van der Waals surface area contributed by atoms with Gasteiger partial charge in [0.2, 0.25) is 0 Å². The molecule has 10 heavy (non-hydrogen) atoms. The quantitative estimate of drug-likeness (QED) is 0.502. The fraction of sp³-hybridized carbons (Fsp3) is 0.667. The molecule has 0 saturated heterocycles. The first-order valence-corrected chi connectivity index (χ1v) is 3.49. The number of allylic oxidation sites excluding steroid dienone is 2. The van der Waals surface area contributed by atoms with Gasteiger partial charge < -0.3 is 12.9 Å². The van der Waals surface area contributed by atoms with E-state index in [1.807, 2.05) is 0 Å². The molecule has 1 aliphatic carbocycles. The van der Waals surface area contributed by atoms with Crippen LogP contribution in [0.25, 0.3) is 0 Å². The third-order valence-electron chi connectivity index (χ3n) is 1.75. The molecular formula is C6H9BF3-. The van der Waals surface area contributed by atoms with Gasteiger partial charge in [0, 0.05) is 0 Å². The zero-order valence-corrected chi connectivity index (χ0v) is 5.62. The van der Waals surface area contributed by atoms with Crippen molar-refractivity contribution in [3.8, 4) is 0 Å². The van der Waals surface area contributed by atoms with Crippen LogP contribution in [-0.4, -0.2) is 6.98 Å². The molecular weight excluding hydrogens is 140 g/mol. The first kappa shape index (κ1) is 7.70. The fourth-order valence-electron chi connectivity index (χ4n) is 1.16. The van der Waals surface area contributed by atoms with Gasteiger partial charge in [-0.25, -0.2) is 0 Å². The highest BCUT2D eigenvalue weighted by Gasteiger charge is 2.28. The Kier molecular flexibility index (Phi) is 2.07. The number of rotatable bonds is 1. The molecule has 0 nitrogen and oxygen atoms in total. The van der Waals surface area contributed by atoms with Crippen LogP contribution in [0.2, 0.25) is 0 Å². The van der Waals surface area contributed by atoms with E-state index in [-0.39, 0.29) is 11.9 Å².